The van der Waals surface area contributed by atoms with Crippen LogP contribution >= 0.6 is 0 Å². The van der Waals surface area contributed by atoms with Crippen LogP contribution in [0.2, 0.25) is 0 Å². The molecule has 2 aromatic rings. The first-order chi connectivity index (χ1) is 20.1. The number of urea groups is 2. The molecule has 218 valence electrons. The first-order valence-corrected chi connectivity index (χ1v) is 13.6. The van der Waals surface area contributed by atoms with E-state index in [2.05, 4.69) is 10.6 Å². The third kappa shape index (κ3) is 4.78. The standard InChI is InChI=1S/C30H30N4O8/c1-3-29(19-13-7-5-8-14-19)23(37)31-27(41)33(25(29)39)21(35)17-11-12-18-22(36)34-26(40)30(4-2,24(38)32-28(34)42)20-15-9-6-10-16-20/h5-10,13-16H,3-4,11-12,17-18H2,1-2H3,(H,31,37,41)(H,32,38,42). The number of hydrogen-bond acceptors (Lipinski definition) is 8. The minimum atomic E-state index is -1.76. The zero-order chi connectivity index (χ0) is 30.7. The van der Waals surface area contributed by atoms with E-state index in [0.29, 0.717) is 20.9 Å². The summed E-state index contributed by atoms with van der Waals surface area (Å²) in [6, 6.07) is 14.0. The Labute approximate surface area is 241 Å². The molecule has 12 heteroatoms. The molecule has 2 atom stereocenters. The molecule has 0 bridgehead atoms. The Morgan fingerprint density at radius 2 is 0.929 bits per heavy atom. The number of carbonyl (C=O) groups excluding carboxylic acids is 8. The lowest BCUT2D eigenvalue weighted by atomic mass is 9.74. The van der Waals surface area contributed by atoms with Gasteiger partial charge in [0.05, 0.1) is 0 Å². The van der Waals surface area contributed by atoms with Gasteiger partial charge in [-0.2, -0.15) is 9.80 Å². The van der Waals surface area contributed by atoms with E-state index in [1.165, 1.54) is 0 Å². The molecular weight excluding hydrogens is 544 g/mol. The van der Waals surface area contributed by atoms with E-state index < -0.39 is 58.3 Å². The van der Waals surface area contributed by atoms with Crippen LogP contribution in [0.5, 0.6) is 0 Å². The van der Waals surface area contributed by atoms with E-state index in [4.69, 9.17) is 0 Å². The van der Waals surface area contributed by atoms with Crippen molar-refractivity contribution >= 4 is 47.5 Å². The molecule has 10 amide bonds. The summed E-state index contributed by atoms with van der Waals surface area (Å²) in [4.78, 5) is 104. The molecule has 2 N–H and O–H groups in total. The van der Waals surface area contributed by atoms with E-state index in [9.17, 15) is 38.4 Å². The molecule has 2 fully saturated rings. The molecule has 0 radical (unpaired) electrons. The molecule has 42 heavy (non-hydrogen) atoms. The third-order valence-corrected chi connectivity index (χ3v) is 7.88. The first kappa shape index (κ1) is 30.0. The van der Waals surface area contributed by atoms with Gasteiger partial charge in [0, 0.05) is 12.8 Å². The Bertz CT molecular complexity index is 1360. The number of amides is 10. The molecular formula is C30H30N4O8. The maximum atomic E-state index is 13.4. The lowest BCUT2D eigenvalue weighted by Crippen LogP contribution is -2.67. The van der Waals surface area contributed by atoms with Gasteiger partial charge in [-0.25, -0.2) is 9.59 Å². The van der Waals surface area contributed by atoms with Gasteiger partial charge in [-0.3, -0.25) is 39.4 Å². The van der Waals surface area contributed by atoms with Gasteiger partial charge in [0.2, 0.25) is 23.6 Å². The van der Waals surface area contributed by atoms with Crippen LogP contribution in [0.4, 0.5) is 9.59 Å². The van der Waals surface area contributed by atoms with Crippen LogP contribution in [-0.4, -0.2) is 57.3 Å². The number of imide groups is 8. The summed E-state index contributed by atoms with van der Waals surface area (Å²) in [6.45, 7) is 3.20. The highest BCUT2D eigenvalue weighted by Crippen LogP contribution is 2.35. The third-order valence-electron chi connectivity index (χ3n) is 7.88. The fourth-order valence-corrected chi connectivity index (χ4v) is 5.50. The van der Waals surface area contributed by atoms with E-state index in [0.717, 1.165) is 0 Å². The van der Waals surface area contributed by atoms with E-state index in [1.807, 2.05) is 0 Å². The van der Waals surface area contributed by atoms with Gasteiger partial charge in [-0.1, -0.05) is 74.5 Å². The molecule has 2 aliphatic rings. The summed E-state index contributed by atoms with van der Waals surface area (Å²) in [6.07, 6.45) is -0.582. The SMILES string of the molecule is CCC1(c2ccccc2)C(=O)NC(=O)N(C(=O)CCCCC(=O)N2C(=O)NC(=O)C(CC)(c3ccccc3)C2=O)C1=O. The topological polar surface area (TPSA) is 167 Å². The monoisotopic (exact) mass is 574 g/mol. The van der Waals surface area contributed by atoms with Crippen LogP contribution < -0.4 is 10.6 Å². The molecule has 12 nitrogen and oxygen atoms in total. The van der Waals surface area contributed by atoms with Crippen molar-refractivity contribution in [3.05, 3.63) is 71.8 Å². The summed E-state index contributed by atoms with van der Waals surface area (Å²) < 4.78 is 0. The predicted molar refractivity (Wildman–Crippen MR) is 146 cm³/mol. The number of benzene rings is 2. The van der Waals surface area contributed by atoms with Crippen molar-refractivity contribution in [3.63, 3.8) is 0 Å². The van der Waals surface area contributed by atoms with E-state index >= 15 is 0 Å². The Kier molecular flexibility index (Phi) is 8.46. The van der Waals surface area contributed by atoms with Crippen molar-refractivity contribution in [1.82, 2.24) is 20.4 Å². The zero-order valence-electron chi connectivity index (χ0n) is 23.2. The summed E-state index contributed by atoms with van der Waals surface area (Å²) in [7, 11) is 0. The maximum absolute atomic E-state index is 13.4. The lowest BCUT2D eigenvalue weighted by Gasteiger charge is -2.38. The summed E-state index contributed by atoms with van der Waals surface area (Å²) in [5, 5.41) is 4.22. The number of hydrogen-bond donors (Lipinski definition) is 2. The van der Waals surface area contributed by atoms with E-state index in [1.54, 1.807) is 74.5 Å². The van der Waals surface area contributed by atoms with Gasteiger partial charge >= 0.3 is 12.1 Å². The average molecular weight is 575 g/mol. The van der Waals surface area contributed by atoms with Crippen LogP contribution in [0.15, 0.2) is 60.7 Å². The Hall–Kier alpha value is -5.00. The van der Waals surface area contributed by atoms with Crippen molar-refractivity contribution in [2.24, 2.45) is 0 Å². The van der Waals surface area contributed by atoms with Crippen LogP contribution in [0, 0.1) is 0 Å². The minimum Gasteiger partial charge on any atom is -0.276 e. The summed E-state index contributed by atoms with van der Waals surface area (Å²) in [5.41, 5.74) is -2.84. The second kappa shape index (κ2) is 11.9. The van der Waals surface area contributed by atoms with Crippen LogP contribution in [0.25, 0.3) is 0 Å². The number of carbonyl (C=O) groups is 8. The van der Waals surface area contributed by atoms with Crippen molar-refractivity contribution in [2.75, 3.05) is 0 Å². The highest BCUT2D eigenvalue weighted by Gasteiger charge is 2.56. The maximum Gasteiger partial charge on any atom is 0.337 e. The molecule has 0 spiro atoms. The molecule has 0 saturated carbocycles. The lowest BCUT2D eigenvalue weighted by molar-refractivity contribution is -0.154. The van der Waals surface area contributed by atoms with Gasteiger partial charge in [0.15, 0.2) is 10.8 Å². The van der Waals surface area contributed by atoms with Gasteiger partial charge < -0.3 is 0 Å². The van der Waals surface area contributed by atoms with Gasteiger partial charge in [-0.05, 0) is 36.8 Å². The summed E-state index contributed by atoms with van der Waals surface area (Å²) in [5.74, 6) is -5.27. The molecule has 4 rings (SSSR count). The molecule has 2 saturated heterocycles. The van der Waals surface area contributed by atoms with Crippen LogP contribution in [-0.2, 0) is 39.6 Å². The van der Waals surface area contributed by atoms with Crippen LogP contribution in [0.3, 0.4) is 0 Å². The predicted octanol–water partition coefficient (Wildman–Crippen LogP) is 2.45. The van der Waals surface area contributed by atoms with Crippen molar-refractivity contribution < 1.29 is 38.4 Å². The second-order valence-corrected chi connectivity index (χ2v) is 10.0. The smallest absolute Gasteiger partial charge is 0.276 e. The molecule has 2 aromatic carbocycles. The van der Waals surface area contributed by atoms with E-state index in [-0.39, 0.29) is 38.5 Å². The molecule has 0 aliphatic carbocycles. The number of nitrogens with zero attached hydrogens (tertiary/aromatic N) is 2. The molecule has 2 heterocycles. The molecule has 2 unspecified atom stereocenters. The minimum absolute atomic E-state index is 0.00387. The fourth-order valence-electron chi connectivity index (χ4n) is 5.50. The second-order valence-electron chi connectivity index (χ2n) is 10.0. The van der Waals surface area contributed by atoms with Crippen molar-refractivity contribution in [2.45, 2.75) is 63.2 Å². The number of unbranched alkanes of at least 4 members (excludes halogenated alkanes) is 1. The Balaban J connectivity index is 1.43. The normalized spacial score (nSPS) is 22.6. The highest BCUT2D eigenvalue weighted by molar-refractivity contribution is 6.29. The molecule has 0 aromatic heterocycles. The highest BCUT2D eigenvalue weighted by atomic mass is 16.2. The number of barbiturate groups is 2. The van der Waals surface area contributed by atoms with Gasteiger partial charge in [0.1, 0.15) is 0 Å². The Morgan fingerprint density at radius 3 is 1.24 bits per heavy atom. The van der Waals surface area contributed by atoms with Crippen LogP contribution in [0.1, 0.15) is 63.5 Å². The number of nitrogens with one attached hydrogen (secondary N) is 2. The zero-order valence-corrected chi connectivity index (χ0v) is 23.2. The van der Waals surface area contributed by atoms with Crippen molar-refractivity contribution in [3.8, 4) is 0 Å². The number of rotatable bonds is 9. The van der Waals surface area contributed by atoms with Gasteiger partial charge in [-0.15, -0.1) is 0 Å². The molecule has 2 aliphatic heterocycles. The first-order valence-electron chi connectivity index (χ1n) is 13.6. The largest absolute Gasteiger partial charge is 0.337 e. The van der Waals surface area contributed by atoms with Gasteiger partial charge in [0.25, 0.3) is 11.8 Å². The quantitative estimate of drug-likeness (QED) is 0.340. The summed E-state index contributed by atoms with van der Waals surface area (Å²) >= 11 is 0. The fraction of sp³-hybridized carbons (Fsp3) is 0.333. The van der Waals surface area contributed by atoms with Crippen molar-refractivity contribution in [1.29, 1.82) is 0 Å². The average Bonchev–Trinajstić information content (AvgIpc) is 2.97. The Morgan fingerprint density at radius 1 is 0.595 bits per heavy atom.